The molecule has 0 saturated carbocycles. The van der Waals surface area contributed by atoms with Gasteiger partial charge in [-0.15, -0.1) is 0 Å². The maximum absolute atomic E-state index is 13.0. The molecule has 5 nitrogen and oxygen atoms in total. The van der Waals surface area contributed by atoms with Crippen molar-refractivity contribution in [1.29, 1.82) is 5.26 Å². The molecule has 130 valence electrons. The van der Waals surface area contributed by atoms with Gasteiger partial charge < -0.3 is 10.6 Å². The van der Waals surface area contributed by atoms with Crippen molar-refractivity contribution in [3.8, 4) is 6.07 Å². The Bertz CT molecular complexity index is 951. The van der Waals surface area contributed by atoms with Crippen molar-refractivity contribution in [2.45, 2.75) is 32.7 Å². The third-order valence-electron chi connectivity index (χ3n) is 4.99. The number of carbonyl (C=O) groups is 1. The molecule has 26 heavy (non-hydrogen) atoms. The lowest BCUT2D eigenvalue weighted by molar-refractivity contribution is -0.118. The number of hydrogen-bond donors (Lipinski definition) is 2. The second-order valence-electron chi connectivity index (χ2n) is 7.69. The van der Waals surface area contributed by atoms with Crippen LogP contribution in [0.5, 0.6) is 0 Å². The van der Waals surface area contributed by atoms with Crippen LogP contribution >= 0.6 is 0 Å². The lowest BCUT2D eigenvalue weighted by Gasteiger charge is -2.34. The zero-order valence-electron chi connectivity index (χ0n) is 14.8. The number of allylic oxidation sites excluding steroid dienone is 1. The fourth-order valence-corrected chi connectivity index (χ4v) is 3.79. The Morgan fingerprint density at radius 3 is 2.65 bits per heavy atom. The molecule has 0 fully saturated rings. The van der Waals surface area contributed by atoms with E-state index >= 15 is 0 Å². The number of benzene rings is 1. The number of anilines is 2. The third-order valence-corrected chi connectivity index (χ3v) is 4.99. The maximum Gasteiger partial charge on any atom is 0.163 e. The summed E-state index contributed by atoms with van der Waals surface area (Å²) >= 11 is 0. The smallest absolute Gasteiger partial charge is 0.163 e. The van der Waals surface area contributed by atoms with Gasteiger partial charge in [0.15, 0.2) is 5.78 Å². The van der Waals surface area contributed by atoms with Crippen molar-refractivity contribution in [1.82, 2.24) is 4.98 Å². The van der Waals surface area contributed by atoms with Gasteiger partial charge in [0, 0.05) is 23.9 Å². The molecule has 4 rings (SSSR count). The lowest BCUT2D eigenvalue weighted by atomic mass is 9.73. The summed E-state index contributed by atoms with van der Waals surface area (Å²) in [4.78, 5) is 17.3. The molecule has 1 unspecified atom stereocenters. The molecule has 0 bridgehead atoms. The summed E-state index contributed by atoms with van der Waals surface area (Å²) in [5.74, 6) is 0.159. The minimum absolute atomic E-state index is 0.0785. The van der Waals surface area contributed by atoms with E-state index in [1.165, 1.54) is 0 Å². The number of nitrogens with zero attached hydrogens (tertiary/aromatic N) is 2. The molecule has 2 N–H and O–H groups in total. The second-order valence-corrected chi connectivity index (χ2v) is 7.69. The van der Waals surface area contributed by atoms with Gasteiger partial charge in [-0.2, -0.15) is 5.26 Å². The van der Waals surface area contributed by atoms with E-state index in [-0.39, 0.29) is 17.2 Å². The fourth-order valence-electron chi connectivity index (χ4n) is 3.79. The molecule has 1 aliphatic carbocycles. The van der Waals surface area contributed by atoms with E-state index < -0.39 is 0 Å². The number of carbonyl (C=O) groups excluding carboxylic acids is 1. The first-order valence-electron chi connectivity index (χ1n) is 8.71. The molecule has 2 aliphatic rings. The first kappa shape index (κ1) is 16.3. The highest BCUT2D eigenvalue weighted by molar-refractivity contribution is 6.01. The number of fused-ring (bicyclic) bond motifs is 1. The van der Waals surface area contributed by atoms with Crippen LogP contribution < -0.4 is 10.6 Å². The summed E-state index contributed by atoms with van der Waals surface area (Å²) in [6, 6.07) is 11.2. The molecule has 0 spiro atoms. The van der Waals surface area contributed by atoms with Crippen LogP contribution in [0.15, 0.2) is 54.0 Å². The van der Waals surface area contributed by atoms with Crippen molar-refractivity contribution in [2.24, 2.45) is 5.41 Å². The van der Waals surface area contributed by atoms with Crippen molar-refractivity contribution in [3.05, 3.63) is 65.1 Å². The van der Waals surface area contributed by atoms with Gasteiger partial charge in [0.25, 0.3) is 0 Å². The number of nitriles is 1. The van der Waals surface area contributed by atoms with Gasteiger partial charge in [0.05, 0.1) is 35.2 Å². The average Bonchev–Trinajstić information content (AvgIpc) is 2.77. The van der Waals surface area contributed by atoms with Gasteiger partial charge in [-0.05, 0) is 35.6 Å². The highest BCUT2D eigenvalue weighted by atomic mass is 16.1. The standard InChI is InChI=1S/C21H20N4O/c1-21(2)9-16-19(18(26)10-21)20(14-5-3-13(11-22)4-6-14)25-15-7-8-23-12-17(15)24-16/h3-8,12,20,24-25H,9-10H2,1-2H3. The van der Waals surface area contributed by atoms with Crippen LogP contribution in [-0.2, 0) is 4.79 Å². The SMILES string of the molecule is CC1(C)CC(=O)C2=C(C1)Nc1cnccc1NC2c1ccc(C#N)cc1. The molecule has 5 heteroatoms. The molecule has 1 aromatic heterocycles. The van der Waals surface area contributed by atoms with Gasteiger partial charge in [0.1, 0.15) is 0 Å². The van der Waals surface area contributed by atoms with E-state index in [0.29, 0.717) is 12.0 Å². The topological polar surface area (TPSA) is 77.8 Å². The van der Waals surface area contributed by atoms with Crippen LogP contribution in [0.25, 0.3) is 0 Å². The molecule has 1 aromatic carbocycles. The van der Waals surface area contributed by atoms with E-state index in [0.717, 1.165) is 34.6 Å². The minimum Gasteiger partial charge on any atom is -0.372 e. The second kappa shape index (κ2) is 5.99. The molecule has 1 aliphatic heterocycles. The number of hydrogen-bond acceptors (Lipinski definition) is 5. The third kappa shape index (κ3) is 2.84. The van der Waals surface area contributed by atoms with E-state index in [1.54, 1.807) is 24.5 Å². The van der Waals surface area contributed by atoms with E-state index in [1.807, 2.05) is 18.2 Å². The zero-order valence-corrected chi connectivity index (χ0v) is 14.8. The zero-order chi connectivity index (χ0) is 18.3. The van der Waals surface area contributed by atoms with Gasteiger partial charge >= 0.3 is 0 Å². The molecular formula is C21H20N4O. The predicted octanol–water partition coefficient (Wildman–Crippen LogP) is 4.18. The molecule has 0 radical (unpaired) electrons. The summed E-state index contributed by atoms with van der Waals surface area (Å²) in [5, 5.41) is 16.0. The van der Waals surface area contributed by atoms with Gasteiger partial charge in [-0.25, -0.2) is 0 Å². The first-order valence-corrected chi connectivity index (χ1v) is 8.71. The Labute approximate surface area is 152 Å². The van der Waals surface area contributed by atoms with Crippen LogP contribution in [0.1, 0.15) is 43.9 Å². The summed E-state index contributed by atoms with van der Waals surface area (Å²) in [6.45, 7) is 4.24. The molecule has 1 atom stereocenters. The van der Waals surface area contributed by atoms with Crippen LogP contribution in [-0.4, -0.2) is 10.8 Å². The number of ketones is 1. The van der Waals surface area contributed by atoms with Crippen molar-refractivity contribution < 1.29 is 4.79 Å². The van der Waals surface area contributed by atoms with E-state index in [2.05, 4.69) is 35.5 Å². The molecule has 0 amide bonds. The normalized spacial score (nSPS) is 20.8. The summed E-state index contributed by atoms with van der Waals surface area (Å²) < 4.78 is 0. The average molecular weight is 344 g/mol. The summed E-state index contributed by atoms with van der Waals surface area (Å²) in [6.07, 6.45) is 4.84. The predicted molar refractivity (Wildman–Crippen MR) is 100 cm³/mol. The number of aromatic nitrogens is 1. The lowest BCUT2D eigenvalue weighted by Crippen LogP contribution is -2.31. The van der Waals surface area contributed by atoms with Gasteiger partial charge in [0.2, 0.25) is 0 Å². The Morgan fingerprint density at radius 1 is 1.15 bits per heavy atom. The number of pyridine rings is 1. The quantitative estimate of drug-likeness (QED) is 0.811. The molecular weight excluding hydrogens is 324 g/mol. The first-order chi connectivity index (χ1) is 12.5. The number of nitrogens with one attached hydrogen (secondary N) is 2. The molecule has 2 heterocycles. The van der Waals surface area contributed by atoms with Crippen molar-refractivity contribution in [3.63, 3.8) is 0 Å². The fraction of sp³-hybridized carbons (Fsp3) is 0.286. The van der Waals surface area contributed by atoms with E-state index in [4.69, 9.17) is 5.26 Å². The van der Waals surface area contributed by atoms with Crippen LogP contribution in [0.3, 0.4) is 0 Å². The van der Waals surface area contributed by atoms with Gasteiger partial charge in [-0.1, -0.05) is 26.0 Å². The highest BCUT2D eigenvalue weighted by Gasteiger charge is 2.38. The maximum atomic E-state index is 13.0. The molecule has 0 saturated heterocycles. The largest absolute Gasteiger partial charge is 0.372 e. The monoisotopic (exact) mass is 344 g/mol. The van der Waals surface area contributed by atoms with Crippen molar-refractivity contribution in [2.75, 3.05) is 10.6 Å². The number of rotatable bonds is 1. The molecule has 2 aromatic rings. The summed E-state index contributed by atoms with van der Waals surface area (Å²) in [5.41, 5.74) is 5.03. The summed E-state index contributed by atoms with van der Waals surface area (Å²) in [7, 11) is 0. The Kier molecular flexibility index (Phi) is 3.77. The Balaban J connectivity index is 1.87. The Morgan fingerprint density at radius 2 is 1.92 bits per heavy atom. The minimum atomic E-state index is -0.252. The highest BCUT2D eigenvalue weighted by Crippen LogP contribution is 2.45. The number of Topliss-reactive ketones (excluding diaryl/α,β-unsaturated/α-hetero) is 1. The van der Waals surface area contributed by atoms with E-state index in [9.17, 15) is 4.79 Å². The van der Waals surface area contributed by atoms with Gasteiger partial charge in [-0.3, -0.25) is 9.78 Å². The van der Waals surface area contributed by atoms with Crippen LogP contribution in [0, 0.1) is 16.7 Å². The van der Waals surface area contributed by atoms with Crippen LogP contribution in [0.2, 0.25) is 0 Å². The van der Waals surface area contributed by atoms with Crippen LogP contribution in [0.4, 0.5) is 11.4 Å². The van der Waals surface area contributed by atoms with Crippen molar-refractivity contribution >= 4 is 17.2 Å². The Hall–Kier alpha value is -3.13.